The molecule has 1 N–H and O–H groups in total. The van der Waals surface area contributed by atoms with Gasteiger partial charge in [0.15, 0.2) is 0 Å². The molecule has 1 fully saturated rings. The molecule has 1 saturated heterocycles. The predicted octanol–water partition coefficient (Wildman–Crippen LogP) is 2.44. The van der Waals surface area contributed by atoms with Gasteiger partial charge in [0.2, 0.25) is 10.0 Å². The fraction of sp³-hybridized carbons (Fsp3) is 0.600. The molecule has 0 amide bonds. The van der Waals surface area contributed by atoms with Crippen LogP contribution in [0.15, 0.2) is 17.0 Å². The number of piperidine rings is 1. The second-order valence-corrected chi connectivity index (χ2v) is 7.52. The van der Waals surface area contributed by atoms with Gasteiger partial charge in [0, 0.05) is 18.7 Å². The maximum atomic E-state index is 13.8. The normalized spacial score (nSPS) is 18.1. The molecule has 0 atom stereocenters. The minimum absolute atomic E-state index is 0.0264. The Kier molecular flexibility index (Phi) is 5.01. The van der Waals surface area contributed by atoms with Crippen LogP contribution < -0.4 is 0 Å². The summed E-state index contributed by atoms with van der Waals surface area (Å²) in [7, 11) is -3.70. The van der Waals surface area contributed by atoms with Crippen LogP contribution in [-0.4, -0.2) is 30.9 Å². The molecule has 0 saturated carbocycles. The largest absolute Gasteiger partial charge is 0.392 e. The first-order valence-corrected chi connectivity index (χ1v) is 8.74. The molecule has 0 bridgehead atoms. The van der Waals surface area contributed by atoms with E-state index >= 15 is 0 Å². The van der Waals surface area contributed by atoms with Gasteiger partial charge in [0.1, 0.15) is 5.82 Å². The zero-order chi connectivity index (χ0) is 15.6. The molecule has 0 aliphatic carbocycles. The van der Waals surface area contributed by atoms with Crippen molar-refractivity contribution in [1.82, 2.24) is 4.31 Å². The van der Waals surface area contributed by atoms with Crippen LogP contribution in [0.1, 0.15) is 37.3 Å². The maximum Gasteiger partial charge on any atom is 0.243 e. The summed E-state index contributed by atoms with van der Waals surface area (Å²) in [5.41, 5.74) is 0.393. The summed E-state index contributed by atoms with van der Waals surface area (Å²) in [6.07, 6.45) is 2.75. The highest BCUT2D eigenvalue weighted by Gasteiger charge is 2.30. The van der Waals surface area contributed by atoms with Crippen LogP contribution in [0.4, 0.5) is 4.39 Å². The summed E-state index contributed by atoms with van der Waals surface area (Å²) in [5, 5.41) is 9.14. The zero-order valence-electron chi connectivity index (χ0n) is 12.5. The van der Waals surface area contributed by atoms with Crippen molar-refractivity contribution in [2.45, 2.75) is 44.6 Å². The average Bonchev–Trinajstić information content (AvgIpc) is 2.49. The van der Waals surface area contributed by atoms with E-state index in [1.54, 1.807) is 0 Å². The summed E-state index contributed by atoms with van der Waals surface area (Å²) in [4.78, 5) is -0.0264. The van der Waals surface area contributed by atoms with Gasteiger partial charge in [-0.15, -0.1) is 0 Å². The SMILES string of the molecule is CCC1CCN(S(=O)(=O)c2cc(CO)cc(F)c2C)CC1. The van der Waals surface area contributed by atoms with E-state index in [1.165, 1.54) is 23.4 Å². The summed E-state index contributed by atoms with van der Waals surface area (Å²) in [5.74, 6) is -0.0263. The maximum absolute atomic E-state index is 13.8. The first-order valence-electron chi connectivity index (χ1n) is 7.30. The molecule has 0 radical (unpaired) electrons. The van der Waals surface area contributed by atoms with E-state index in [-0.39, 0.29) is 22.6 Å². The number of halogens is 1. The number of sulfonamides is 1. The molecule has 1 aliphatic heterocycles. The van der Waals surface area contributed by atoms with Crippen LogP contribution in [0.5, 0.6) is 0 Å². The Balaban J connectivity index is 2.34. The fourth-order valence-electron chi connectivity index (χ4n) is 2.76. The summed E-state index contributed by atoms with van der Waals surface area (Å²) < 4.78 is 40.7. The van der Waals surface area contributed by atoms with Gasteiger partial charge in [-0.2, -0.15) is 4.31 Å². The lowest BCUT2D eigenvalue weighted by Crippen LogP contribution is -2.38. The molecule has 6 heteroatoms. The first-order chi connectivity index (χ1) is 9.90. The van der Waals surface area contributed by atoms with Gasteiger partial charge >= 0.3 is 0 Å². The number of aliphatic hydroxyl groups excluding tert-OH is 1. The third-order valence-electron chi connectivity index (χ3n) is 4.31. The van der Waals surface area contributed by atoms with Gasteiger partial charge in [-0.05, 0) is 43.4 Å². The number of nitrogens with zero attached hydrogens (tertiary/aromatic N) is 1. The molecule has 0 spiro atoms. The molecule has 21 heavy (non-hydrogen) atoms. The number of benzene rings is 1. The number of rotatable bonds is 4. The Morgan fingerprint density at radius 1 is 1.33 bits per heavy atom. The molecular weight excluding hydrogens is 293 g/mol. The van der Waals surface area contributed by atoms with Crippen LogP contribution in [0.2, 0.25) is 0 Å². The van der Waals surface area contributed by atoms with Crippen molar-refractivity contribution in [2.24, 2.45) is 5.92 Å². The third-order valence-corrected chi connectivity index (χ3v) is 6.33. The Labute approximate surface area is 125 Å². The van der Waals surface area contributed by atoms with Crippen LogP contribution in [0.3, 0.4) is 0 Å². The molecule has 1 heterocycles. The zero-order valence-corrected chi connectivity index (χ0v) is 13.3. The molecular formula is C15H22FNO3S. The lowest BCUT2D eigenvalue weighted by molar-refractivity contribution is 0.268. The van der Waals surface area contributed by atoms with Crippen molar-refractivity contribution in [3.63, 3.8) is 0 Å². The molecule has 1 aliphatic rings. The highest BCUT2D eigenvalue weighted by atomic mass is 32.2. The van der Waals surface area contributed by atoms with Crippen LogP contribution in [0.25, 0.3) is 0 Å². The lowest BCUT2D eigenvalue weighted by Gasteiger charge is -2.31. The molecule has 1 aromatic carbocycles. The number of aliphatic hydroxyl groups is 1. The van der Waals surface area contributed by atoms with Crippen molar-refractivity contribution in [2.75, 3.05) is 13.1 Å². The smallest absolute Gasteiger partial charge is 0.243 e. The van der Waals surface area contributed by atoms with Gasteiger partial charge in [0.25, 0.3) is 0 Å². The quantitative estimate of drug-likeness (QED) is 0.928. The highest BCUT2D eigenvalue weighted by molar-refractivity contribution is 7.89. The van der Waals surface area contributed by atoms with Gasteiger partial charge in [-0.1, -0.05) is 13.3 Å². The van der Waals surface area contributed by atoms with E-state index in [9.17, 15) is 12.8 Å². The third kappa shape index (κ3) is 3.27. The lowest BCUT2D eigenvalue weighted by atomic mass is 9.96. The fourth-order valence-corrected chi connectivity index (χ4v) is 4.52. The molecule has 0 unspecified atom stereocenters. The Hall–Kier alpha value is -0.980. The van der Waals surface area contributed by atoms with Crippen molar-refractivity contribution < 1.29 is 17.9 Å². The molecule has 0 aromatic heterocycles. The second kappa shape index (κ2) is 6.42. The number of hydrogen-bond donors (Lipinski definition) is 1. The van der Waals surface area contributed by atoms with E-state index < -0.39 is 15.8 Å². The molecule has 118 valence electrons. The first kappa shape index (κ1) is 16.4. The van der Waals surface area contributed by atoms with Crippen LogP contribution in [-0.2, 0) is 16.6 Å². The second-order valence-electron chi connectivity index (χ2n) is 5.61. The molecule has 1 aromatic rings. The number of hydrogen-bond acceptors (Lipinski definition) is 3. The Morgan fingerprint density at radius 3 is 2.48 bits per heavy atom. The summed E-state index contributed by atoms with van der Waals surface area (Å²) in [6, 6.07) is 2.55. The summed E-state index contributed by atoms with van der Waals surface area (Å²) >= 11 is 0. The van der Waals surface area contributed by atoms with E-state index in [4.69, 9.17) is 5.11 Å². The van der Waals surface area contributed by atoms with E-state index in [1.807, 2.05) is 0 Å². The van der Waals surface area contributed by atoms with Gasteiger partial charge in [-0.25, -0.2) is 12.8 Å². The standard InChI is InChI=1S/C15H22FNO3S/c1-3-12-4-6-17(7-5-12)21(19,20)15-9-13(10-18)8-14(16)11(15)2/h8-9,12,18H,3-7,10H2,1-2H3. The molecule has 2 rings (SSSR count). The van der Waals surface area contributed by atoms with Crippen molar-refractivity contribution in [3.05, 3.63) is 29.1 Å². The van der Waals surface area contributed by atoms with E-state index in [2.05, 4.69) is 6.92 Å². The van der Waals surface area contributed by atoms with E-state index in [0.29, 0.717) is 19.0 Å². The molecule has 4 nitrogen and oxygen atoms in total. The van der Waals surface area contributed by atoms with Crippen LogP contribution in [0, 0.1) is 18.7 Å². The minimum Gasteiger partial charge on any atom is -0.392 e. The topological polar surface area (TPSA) is 57.6 Å². The Morgan fingerprint density at radius 2 is 1.95 bits per heavy atom. The summed E-state index contributed by atoms with van der Waals surface area (Å²) in [6.45, 7) is 4.15. The van der Waals surface area contributed by atoms with Crippen LogP contribution >= 0.6 is 0 Å². The van der Waals surface area contributed by atoms with Gasteiger partial charge in [0.05, 0.1) is 11.5 Å². The van der Waals surface area contributed by atoms with E-state index in [0.717, 1.165) is 19.3 Å². The predicted molar refractivity (Wildman–Crippen MR) is 78.8 cm³/mol. The van der Waals surface area contributed by atoms with Crippen molar-refractivity contribution in [1.29, 1.82) is 0 Å². The minimum atomic E-state index is -3.70. The Bertz CT molecular complexity index is 608. The monoisotopic (exact) mass is 315 g/mol. The van der Waals surface area contributed by atoms with Gasteiger partial charge in [-0.3, -0.25) is 0 Å². The van der Waals surface area contributed by atoms with Crippen molar-refractivity contribution >= 4 is 10.0 Å². The van der Waals surface area contributed by atoms with Crippen molar-refractivity contribution in [3.8, 4) is 0 Å². The highest BCUT2D eigenvalue weighted by Crippen LogP contribution is 2.28. The van der Waals surface area contributed by atoms with Gasteiger partial charge < -0.3 is 5.11 Å². The average molecular weight is 315 g/mol.